The lowest BCUT2D eigenvalue weighted by Gasteiger charge is -2.10. The van der Waals surface area contributed by atoms with Crippen LogP contribution in [-0.4, -0.2) is 25.2 Å². The second-order valence-electron chi connectivity index (χ2n) is 6.55. The summed E-state index contributed by atoms with van der Waals surface area (Å²) in [5.74, 6) is -1.28. The number of hydrogen-bond donors (Lipinski definition) is 1. The lowest BCUT2D eigenvalue weighted by Crippen LogP contribution is -2.18. The van der Waals surface area contributed by atoms with Gasteiger partial charge in [0.25, 0.3) is 0 Å². The van der Waals surface area contributed by atoms with Crippen LogP contribution in [-0.2, 0) is 14.6 Å². The Bertz CT molecular complexity index is 1170. The molecule has 1 N–H and O–H groups in total. The lowest BCUT2D eigenvalue weighted by atomic mass is 10.1. The predicted octanol–water partition coefficient (Wildman–Crippen LogP) is 4.55. The average Bonchev–Trinajstić information content (AvgIpc) is 3.09. The van der Waals surface area contributed by atoms with Gasteiger partial charge in [-0.2, -0.15) is 0 Å². The Kier molecular flexibility index (Phi) is 6.04. The quantitative estimate of drug-likeness (QED) is 0.612. The van der Waals surface area contributed by atoms with Crippen LogP contribution < -0.4 is 5.32 Å². The van der Waals surface area contributed by atoms with Crippen molar-refractivity contribution in [3.63, 3.8) is 0 Å². The van der Waals surface area contributed by atoms with Crippen molar-refractivity contribution in [2.45, 2.75) is 25.2 Å². The smallest absolute Gasteiger partial charge is 0.225 e. The molecule has 0 aliphatic carbocycles. The standard InChI is InChI=1S/C20H18ClFN2O4S/c1-12-3-4-14(18-9-13(2)24-28-18)10-19(12)29(26,27)8-7-20(25)23-17-6-5-15(21)11-16(17)22/h3-6,9-11H,7-8H2,1-2H3,(H,23,25). The normalized spacial score (nSPS) is 11.4. The maximum absolute atomic E-state index is 13.8. The SMILES string of the molecule is Cc1cc(-c2ccc(C)c(S(=O)(=O)CCC(=O)Nc3ccc(Cl)cc3F)c2)on1. The largest absolute Gasteiger partial charge is 0.356 e. The van der Waals surface area contributed by atoms with Gasteiger partial charge in [0.1, 0.15) is 5.82 Å². The fraction of sp³-hybridized carbons (Fsp3) is 0.200. The van der Waals surface area contributed by atoms with Gasteiger partial charge in [-0.1, -0.05) is 28.9 Å². The molecule has 3 aromatic rings. The van der Waals surface area contributed by atoms with Crippen LogP contribution in [0.1, 0.15) is 17.7 Å². The fourth-order valence-corrected chi connectivity index (χ4v) is 4.43. The number of carbonyl (C=O) groups is 1. The van der Waals surface area contributed by atoms with Crippen LogP contribution in [0.3, 0.4) is 0 Å². The van der Waals surface area contributed by atoms with Gasteiger partial charge in [0.15, 0.2) is 15.6 Å². The average molecular weight is 437 g/mol. The van der Waals surface area contributed by atoms with E-state index in [1.54, 1.807) is 32.0 Å². The second-order valence-corrected chi connectivity index (χ2v) is 9.07. The third-order valence-electron chi connectivity index (χ3n) is 4.24. The monoisotopic (exact) mass is 436 g/mol. The number of aromatic nitrogens is 1. The molecule has 1 amide bonds. The number of amides is 1. The zero-order valence-electron chi connectivity index (χ0n) is 15.7. The number of nitrogens with one attached hydrogen (secondary N) is 1. The molecule has 0 saturated heterocycles. The van der Waals surface area contributed by atoms with Crippen molar-refractivity contribution in [2.24, 2.45) is 0 Å². The first-order valence-electron chi connectivity index (χ1n) is 8.68. The van der Waals surface area contributed by atoms with Crippen LogP contribution in [0.2, 0.25) is 5.02 Å². The molecule has 0 aliphatic rings. The molecule has 0 spiro atoms. The van der Waals surface area contributed by atoms with Gasteiger partial charge in [0.2, 0.25) is 5.91 Å². The number of anilines is 1. The van der Waals surface area contributed by atoms with E-state index < -0.39 is 27.3 Å². The van der Waals surface area contributed by atoms with Gasteiger partial charge in [0, 0.05) is 23.1 Å². The van der Waals surface area contributed by atoms with E-state index in [2.05, 4.69) is 10.5 Å². The van der Waals surface area contributed by atoms with Crippen molar-refractivity contribution in [1.82, 2.24) is 5.16 Å². The molecule has 9 heteroatoms. The molecule has 0 aliphatic heterocycles. The number of aryl methyl sites for hydroxylation is 2. The van der Waals surface area contributed by atoms with E-state index in [1.807, 2.05) is 0 Å². The number of benzene rings is 2. The van der Waals surface area contributed by atoms with Crippen LogP contribution in [0, 0.1) is 19.7 Å². The van der Waals surface area contributed by atoms with Crippen molar-refractivity contribution in [2.75, 3.05) is 11.1 Å². The van der Waals surface area contributed by atoms with Crippen molar-refractivity contribution in [3.05, 3.63) is 64.6 Å². The van der Waals surface area contributed by atoms with Gasteiger partial charge in [-0.15, -0.1) is 0 Å². The van der Waals surface area contributed by atoms with Gasteiger partial charge < -0.3 is 9.84 Å². The van der Waals surface area contributed by atoms with E-state index in [0.717, 1.165) is 6.07 Å². The first kappa shape index (κ1) is 21.0. The van der Waals surface area contributed by atoms with Crippen LogP contribution in [0.5, 0.6) is 0 Å². The summed E-state index contributed by atoms with van der Waals surface area (Å²) in [6.45, 7) is 3.44. The summed E-state index contributed by atoms with van der Waals surface area (Å²) in [6.07, 6.45) is -0.324. The summed E-state index contributed by atoms with van der Waals surface area (Å²) in [6, 6.07) is 10.4. The Morgan fingerprint density at radius 2 is 1.93 bits per heavy atom. The van der Waals surface area contributed by atoms with Crippen molar-refractivity contribution in [3.8, 4) is 11.3 Å². The molecule has 2 aromatic carbocycles. The Labute approximate surface area is 172 Å². The molecule has 1 aromatic heterocycles. The Morgan fingerprint density at radius 3 is 2.59 bits per heavy atom. The molecule has 0 fully saturated rings. The summed E-state index contributed by atoms with van der Waals surface area (Å²) >= 11 is 5.67. The third-order valence-corrected chi connectivity index (χ3v) is 6.33. The summed E-state index contributed by atoms with van der Waals surface area (Å²) in [5.41, 5.74) is 1.74. The van der Waals surface area contributed by atoms with Gasteiger partial charge in [-0.05, 0) is 43.7 Å². The molecule has 0 radical (unpaired) electrons. The summed E-state index contributed by atoms with van der Waals surface area (Å²) in [4.78, 5) is 12.2. The molecule has 0 atom stereocenters. The zero-order chi connectivity index (χ0) is 21.2. The van der Waals surface area contributed by atoms with Gasteiger partial charge in [-0.25, -0.2) is 12.8 Å². The highest BCUT2D eigenvalue weighted by Gasteiger charge is 2.21. The highest BCUT2D eigenvalue weighted by atomic mass is 35.5. The number of halogens is 2. The second kappa shape index (κ2) is 8.34. The molecule has 3 rings (SSSR count). The van der Waals surface area contributed by atoms with Crippen molar-refractivity contribution < 1.29 is 22.1 Å². The third kappa shape index (κ3) is 5.02. The number of sulfone groups is 1. The summed E-state index contributed by atoms with van der Waals surface area (Å²) in [5, 5.41) is 6.35. The number of hydrogen-bond acceptors (Lipinski definition) is 5. The van der Waals surface area contributed by atoms with E-state index in [1.165, 1.54) is 18.2 Å². The van der Waals surface area contributed by atoms with Crippen molar-refractivity contribution in [1.29, 1.82) is 0 Å². The molecular weight excluding hydrogens is 419 g/mol. The van der Waals surface area contributed by atoms with E-state index >= 15 is 0 Å². The van der Waals surface area contributed by atoms with Gasteiger partial charge in [-0.3, -0.25) is 4.79 Å². The van der Waals surface area contributed by atoms with Gasteiger partial charge >= 0.3 is 0 Å². The van der Waals surface area contributed by atoms with E-state index in [0.29, 0.717) is 22.6 Å². The van der Waals surface area contributed by atoms with E-state index in [4.69, 9.17) is 16.1 Å². The first-order valence-corrected chi connectivity index (χ1v) is 10.7. The molecule has 152 valence electrons. The Balaban J connectivity index is 1.74. The molecular formula is C20H18ClFN2O4S. The predicted molar refractivity (Wildman–Crippen MR) is 108 cm³/mol. The maximum atomic E-state index is 13.8. The first-order chi connectivity index (χ1) is 13.7. The fourth-order valence-electron chi connectivity index (χ4n) is 2.73. The summed E-state index contributed by atoms with van der Waals surface area (Å²) < 4.78 is 44.6. The molecule has 6 nitrogen and oxygen atoms in total. The number of nitrogens with zero attached hydrogens (tertiary/aromatic N) is 1. The molecule has 0 bridgehead atoms. The molecule has 29 heavy (non-hydrogen) atoms. The number of carbonyl (C=O) groups excluding carboxylic acids is 1. The van der Waals surface area contributed by atoms with E-state index in [9.17, 15) is 17.6 Å². The highest BCUT2D eigenvalue weighted by molar-refractivity contribution is 7.91. The van der Waals surface area contributed by atoms with Crippen LogP contribution in [0.4, 0.5) is 10.1 Å². The molecule has 0 unspecified atom stereocenters. The Hall–Kier alpha value is -2.71. The van der Waals surface area contributed by atoms with Crippen LogP contribution >= 0.6 is 11.6 Å². The van der Waals surface area contributed by atoms with Crippen molar-refractivity contribution >= 4 is 33.0 Å². The maximum Gasteiger partial charge on any atom is 0.225 e. The molecule has 0 saturated carbocycles. The minimum atomic E-state index is -3.76. The van der Waals surface area contributed by atoms with Crippen LogP contribution in [0.25, 0.3) is 11.3 Å². The zero-order valence-corrected chi connectivity index (χ0v) is 17.3. The number of rotatable bonds is 6. The minimum Gasteiger partial charge on any atom is -0.356 e. The highest BCUT2D eigenvalue weighted by Crippen LogP contribution is 2.27. The summed E-state index contributed by atoms with van der Waals surface area (Å²) in [7, 11) is -3.76. The topological polar surface area (TPSA) is 89.3 Å². The van der Waals surface area contributed by atoms with Gasteiger partial charge in [0.05, 0.1) is 22.0 Å². The Morgan fingerprint density at radius 1 is 1.17 bits per heavy atom. The lowest BCUT2D eigenvalue weighted by molar-refractivity contribution is -0.115. The van der Waals surface area contributed by atoms with E-state index in [-0.39, 0.29) is 22.0 Å². The van der Waals surface area contributed by atoms with Crippen LogP contribution in [0.15, 0.2) is 51.9 Å². The minimum absolute atomic E-state index is 0.0596. The molecule has 1 heterocycles.